The van der Waals surface area contributed by atoms with E-state index in [9.17, 15) is 20.1 Å². The first-order valence-electron chi connectivity index (χ1n) is 30.1. The molecule has 22 heteroatoms. The maximum Gasteiger partial charge on any atom is 0.308 e. The number of esters is 1. The van der Waals surface area contributed by atoms with Crippen molar-refractivity contribution in [2.75, 3.05) is 6.61 Å². The summed E-state index contributed by atoms with van der Waals surface area (Å²) < 4.78 is 108. The third kappa shape index (κ3) is 8.96. The van der Waals surface area contributed by atoms with Crippen LogP contribution in [0.1, 0.15) is 128 Å². The van der Waals surface area contributed by atoms with Crippen molar-refractivity contribution in [1.29, 1.82) is 0 Å². The molecule has 17 aliphatic rings. The van der Waals surface area contributed by atoms with Crippen LogP contribution in [-0.2, 0) is 80.6 Å². The van der Waals surface area contributed by atoms with E-state index in [0.29, 0.717) is 116 Å². The molecule has 4 unspecified atom stereocenters. The van der Waals surface area contributed by atoms with Gasteiger partial charge in [0.25, 0.3) is 0 Å². The molecule has 17 heterocycles. The van der Waals surface area contributed by atoms with Gasteiger partial charge < -0.3 is 103 Å². The van der Waals surface area contributed by atoms with Crippen molar-refractivity contribution in [2.45, 2.75) is 316 Å². The quantitative estimate of drug-likeness (QED) is 0.194. The largest absolute Gasteiger partial charge is 0.459 e. The van der Waals surface area contributed by atoms with Gasteiger partial charge in [-0.1, -0.05) is 13.2 Å². The predicted octanol–water partition coefficient (Wildman–Crippen LogP) is 1.54. The molecule has 12 bridgehead atoms. The summed E-state index contributed by atoms with van der Waals surface area (Å²) in [6.07, 6.45) is -0.121. The van der Waals surface area contributed by atoms with Gasteiger partial charge in [-0.25, -0.2) is 0 Å². The smallest absolute Gasteiger partial charge is 0.308 e. The summed E-state index contributed by atoms with van der Waals surface area (Å²) in [5.74, 6) is -4.95. The van der Waals surface area contributed by atoms with E-state index in [1.54, 1.807) is 0 Å². The number of aliphatic hydroxyl groups excluding tert-OH is 2. The Hall–Kier alpha value is -1.85. The second-order valence-electron chi connectivity index (χ2n) is 26.7. The van der Waals surface area contributed by atoms with Gasteiger partial charge in [0.05, 0.1) is 129 Å². The summed E-state index contributed by atoms with van der Waals surface area (Å²) in [4.78, 5) is 14.4. The number of carbonyl (C=O) groups excluding carboxylic acids is 1. The van der Waals surface area contributed by atoms with Crippen LogP contribution in [0.15, 0.2) is 24.3 Å². The zero-order valence-corrected chi connectivity index (χ0v) is 44.8. The van der Waals surface area contributed by atoms with Crippen LogP contribution in [0, 0.1) is 0 Å². The molecule has 0 aromatic rings. The summed E-state index contributed by atoms with van der Waals surface area (Å²) in [6.45, 7) is 8.51. The van der Waals surface area contributed by atoms with Gasteiger partial charge in [-0.05, 0) is 62.5 Å². The standard InChI is InChI=1S/C57H80N2O20/c1-24-11-28-7-9-55-23-57(63)53(79-55)52-51(78-57)50(77-55)49-34(71-52)6-4-27(66-49)13-47(62)70-41-16-38-39(68-37(41)14-35-25(2)29(58)12-26(65-35)3-5-32(24)64-28)17-43-45(69-38)20-56(74-43)21-46-33(73-56)8-10-54(76-46)19-30(59)48-44(75-54)18-40-42(72-48)15-36(67-40)31(61)22-60/h26-46,48-53,60-61,63H,1-23,58-59H2/t26-,27+,28-,29+,30-,31-,32-,33-,34-,35+,36-,37-,38?,39-,40+,41+,42+,43+,44-,45?,46-,48-,49-,50-,51-,52+,53?,54-,55+,56-,57?/m0/s1. The van der Waals surface area contributed by atoms with Gasteiger partial charge in [0.15, 0.2) is 17.4 Å². The van der Waals surface area contributed by atoms with Crippen LogP contribution in [0.3, 0.4) is 0 Å². The monoisotopic (exact) mass is 1110 g/mol. The summed E-state index contributed by atoms with van der Waals surface area (Å²) >= 11 is 0. The van der Waals surface area contributed by atoms with Gasteiger partial charge in [0.2, 0.25) is 5.79 Å². The number of fused-ring (bicyclic) bond motifs is 11. The van der Waals surface area contributed by atoms with Gasteiger partial charge in [0.1, 0.15) is 42.7 Å². The number of ether oxygens (including phenoxy) is 16. The lowest BCUT2D eigenvalue weighted by Gasteiger charge is -2.53. The second-order valence-corrected chi connectivity index (χ2v) is 26.7. The van der Waals surface area contributed by atoms with Gasteiger partial charge >= 0.3 is 5.97 Å². The molecule has 22 nitrogen and oxygen atoms in total. The first-order chi connectivity index (χ1) is 38.1. The van der Waals surface area contributed by atoms with Crippen LogP contribution in [0.4, 0.5) is 0 Å². The molecule has 31 atom stereocenters. The van der Waals surface area contributed by atoms with Crippen LogP contribution in [0.5, 0.6) is 0 Å². The van der Waals surface area contributed by atoms with Crippen molar-refractivity contribution in [1.82, 2.24) is 0 Å². The zero-order chi connectivity index (χ0) is 53.5. The van der Waals surface area contributed by atoms with Crippen LogP contribution in [0.25, 0.3) is 0 Å². The lowest BCUT2D eigenvalue weighted by Crippen LogP contribution is -2.65. The average molecular weight is 1110 g/mol. The highest BCUT2D eigenvalue weighted by atomic mass is 16.8. The molecule has 0 radical (unpaired) electrons. The van der Waals surface area contributed by atoms with E-state index >= 15 is 0 Å². The van der Waals surface area contributed by atoms with E-state index in [4.69, 9.17) is 87.3 Å². The van der Waals surface area contributed by atoms with Crippen molar-refractivity contribution in [3.05, 3.63) is 24.3 Å². The minimum absolute atomic E-state index is 0.00324. The Morgan fingerprint density at radius 2 is 1.20 bits per heavy atom. The van der Waals surface area contributed by atoms with E-state index in [0.717, 1.165) is 11.1 Å². The fourth-order valence-electron chi connectivity index (χ4n) is 17.7. The van der Waals surface area contributed by atoms with Crippen molar-refractivity contribution in [3.8, 4) is 0 Å². The van der Waals surface area contributed by atoms with E-state index in [2.05, 4.69) is 13.2 Å². The molecule has 0 amide bonds. The summed E-state index contributed by atoms with van der Waals surface area (Å²) in [7, 11) is 0. The van der Waals surface area contributed by atoms with Crippen LogP contribution < -0.4 is 11.5 Å². The van der Waals surface area contributed by atoms with Crippen LogP contribution >= 0.6 is 0 Å². The third-order valence-electron chi connectivity index (χ3n) is 21.4. The van der Waals surface area contributed by atoms with Crippen molar-refractivity contribution in [3.63, 3.8) is 0 Å². The Bertz CT molecular complexity index is 2410. The molecule has 79 heavy (non-hydrogen) atoms. The van der Waals surface area contributed by atoms with Crippen molar-refractivity contribution in [2.24, 2.45) is 11.5 Å². The van der Waals surface area contributed by atoms with Gasteiger partial charge in [-0.2, -0.15) is 0 Å². The third-order valence-corrected chi connectivity index (χ3v) is 21.4. The SMILES string of the molecule is C=C1C[C@@H]2CC[C@@]34CC5(O)O[C@H]6[C@@H](O3)[C@H]3O[C@H](CC[C@@H]3O[C@H]6C5O4)CC(=O)O[C@@H]3CC4OC5C[C@@]6(C[C@@H]7O[C@@]8(CC[C@@H]7O6)C[C@H](N)[C@@H]6O[C@@H]7C[C@@H]([C@@H](O)CO)O[C@@H]7C[C@@H]6O8)O[C@@H]5C[C@@H]4O[C@H]3C[C@H]3O[C@@H](CC[C@@H]1O2)C[C@@H](N)C3=C. The molecule has 17 rings (SSSR count). The van der Waals surface area contributed by atoms with E-state index in [1.165, 1.54) is 0 Å². The molecular formula is C57H80N2O20. The molecule has 0 saturated carbocycles. The van der Waals surface area contributed by atoms with Crippen LogP contribution in [-0.4, -0.2) is 216 Å². The molecule has 17 fully saturated rings. The Morgan fingerprint density at radius 1 is 0.519 bits per heavy atom. The molecule has 17 saturated heterocycles. The second kappa shape index (κ2) is 19.3. The van der Waals surface area contributed by atoms with Crippen molar-refractivity contribution >= 4 is 5.97 Å². The first-order valence-corrected chi connectivity index (χ1v) is 30.1. The van der Waals surface area contributed by atoms with Gasteiger partial charge in [0, 0.05) is 76.3 Å². The molecule has 7 N–H and O–H groups in total. The van der Waals surface area contributed by atoms with Crippen LogP contribution in [0.2, 0.25) is 0 Å². The maximum absolute atomic E-state index is 14.4. The molecule has 17 aliphatic heterocycles. The molecule has 0 aliphatic carbocycles. The Balaban J connectivity index is 0.616. The van der Waals surface area contributed by atoms with E-state index in [-0.39, 0.29) is 111 Å². The number of carbonyl (C=O) groups is 1. The maximum atomic E-state index is 14.4. The minimum atomic E-state index is -1.55. The van der Waals surface area contributed by atoms with E-state index in [1.807, 2.05) is 0 Å². The summed E-state index contributed by atoms with van der Waals surface area (Å²) in [6, 6.07) is -0.632. The number of hydrogen-bond donors (Lipinski definition) is 5. The topological polar surface area (TPSA) is 277 Å². The summed E-state index contributed by atoms with van der Waals surface area (Å²) in [5, 5.41) is 31.8. The number of rotatable bonds is 2. The molecular weight excluding hydrogens is 1030 g/mol. The Morgan fingerprint density at radius 3 is 2.08 bits per heavy atom. The highest BCUT2D eigenvalue weighted by Gasteiger charge is 2.75. The molecule has 438 valence electrons. The zero-order valence-electron chi connectivity index (χ0n) is 44.8. The normalized spacial score (nSPS) is 58.6. The fraction of sp³-hybridized carbons (Fsp3) is 0.912. The fourth-order valence-corrected chi connectivity index (χ4v) is 17.7. The number of aliphatic hydroxyl groups is 3. The minimum Gasteiger partial charge on any atom is -0.459 e. The average Bonchev–Trinajstić information content (AvgIpc) is 3.72. The highest BCUT2D eigenvalue weighted by Crippen LogP contribution is 2.59. The Kier molecular flexibility index (Phi) is 12.9. The number of hydrogen-bond acceptors (Lipinski definition) is 22. The van der Waals surface area contributed by atoms with Crippen molar-refractivity contribution < 1.29 is 95.9 Å². The lowest BCUT2D eigenvalue weighted by molar-refractivity contribution is -0.355. The molecule has 3 spiro atoms. The lowest BCUT2D eigenvalue weighted by atomic mass is 9.84. The Labute approximate surface area is 459 Å². The first kappa shape index (κ1) is 52.7. The molecule has 0 aromatic carbocycles. The number of nitrogens with two attached hydrogens (primary N) is 2. The van der Waals surface area contributed by atoms with Gasteiger partial charge in [-0.15, -0.1) is 0 Å². The van der Waals surface area contributed by atoms with Gasteiger partial charge in [-0.3, -0.25) is 4.79 Å². The predicted molar refractivity (Wildman–Crippen MR) is 266 cm³/mol. The molecule has 0 aromatic heterocycles. The van der Waals surface area contributed by atoms with E-state index < -0.39 is 102 Å². The highest BCUT2D eigenvalue weighted by molar-refractivity contribution is 5.70. The summed E-state index contributed by atoms with van der Waals surface area (Å²) in [5.41, 5.74) is 15.6.